The van der Waals surface area contributed by atoms with Crippen LogP contribution in [0.25, 0.3) is 0 Å². The molecule has 0 aliphatic carbocycles. The Morgan fingerprint density at radius 3 is 2.47 bits per heavy atom. The lowest BCUT2D eigenvalue weighted by molar-refractivity contribution is 0.0840. The van der Waals surface area contributed by atoms with E-state index in [1.165, 1.54) is 19.2 Å². The molecule has 1 unspecified atom stereocenters. The minimum absolute atomic E-state index is 0.197. The second-order valence-corrected chi connectivity index (χ2v) is 3.70. The number of aliphatic hydroxyl groups is 1. The van der Waals surface area contributed by atoms with E-state index < -0.39 is 6.04 Å². The minimum Gasteiger partial charge on any atom is -0.399 e. The minimum atomic E-state index is -0.449. The Morgan fingerprint density at radius 2 is 2.00 bits per heavy atom. The van der Waals surface area contributed by atoms with Crippen molar-refractivity contribution in [1.82, 2.24) is 5.32 Å². The van der Waals surface area contributed by atoms with Crippen molar-refractivity contribution in [3.63, 3.8) is 0 Å². The molecule has 1 aromatic carbocycles. The summed E-state index contributed by atoms with van der Waals surface area (Å²) in [6.45, 7) is 0.0391. The molecule has 0 spiro atoms. The topological polar surface area (TPSA) is 111 Å². The van der Waals surface area contributed by atoms with Gasteiger partial charge in [0.25, 0.3) is 5.91 Å². The molecule has 0 saturated heterocycles. The van der Waals surface area contributed by atoms with Gasteiger partial charge in [-0.3, -0.25) is 4.79 Å². The number of hydrogen-bond donors (Lipinski definition) is 4. The molecule has 1 aromatic rings. The number of nitrogens with two attached hydrogens (primary N) is 2. The molecule has 0 radical (unpaired) electrons. The molecule has 1 atom stereocenters. The average molecular weight is 239 g/mol. The number of methoxy groups -OCH3 is 1. The van der Waals surface area contributed by atoms with E-state index in [-0.39, 0.29) is 19.1 Å². The van der Waals surface area contributed by atoms with Crippen molar-refractivity contribution in [2.75, 3.05) is 31.8 Å². The van der Waals surface area contributed by atoms with Gasteiger partial charge in [-0.05, 0) is 18.2 Å². The Hall–Kier alpha value is -1.79. The van der Waals surface area contributed by atoms with Gasteiger partial charge in [-0.2, -0.15) is 0 Å². The fraction of sp³-hybridized carbons (Fsp3) is 0.364. The maximum atomic E-state index is 11.8. The monoisotopic (exact) mass is 239 g/mol. The van der Waals surface area contributed by atoms with E-state index in [1.807, 2.05) is 0 Å². The van der Waals surface area contributed by atoms with Gasteiger partial charge in [-0.1, -0.05) is 0 Å². The molecule has 1 amide bonds. The van der Waals surface area contributed by atoms with Gasteiger partial charge >= 0.3 is 0 Å². The molecule has 6 nitrogen and oxygen atoms in total. The highest BCUT2D eigenvalue weighted by Crippen LogP contribution is 2.13. The van der Waals surface area contributed by atoms with E-state index in [9.17, 15) is 4.79 Å². The third-order valence-electron chi connectivity index (χ3n) is 2.16. The number of nitrogens with one attached hydrogen (secondary N) is 1. The quantitative estimate of drug-likeness (QED) is 0.522. The molecule has 0 fully saturated rings. The van der Waals surface area contributed by atoms with E-state index in [4.69, 9.17) is 21.3 Å². The van der Waals surface area contributed by atoms with Crippen molar-refractivity contribution >= 4 is 17.3 Å². The van der Waals surface area contributed by atoms with Gasteiger partial charge < -0.3 is 26.6 Å². The van der Waals surface area contributed by atoms with E-state index in [0.29, 0.717) is 16.9 Å². The molecule has 17 heavy (non-hydrogen) atoms. The second-order valence-electron chi connectivity index (χ2n) is 3.70. The zero-order chi connectivity index (χ0) is 12.8. The molecule has 6 heteroatoms. The first-order valence-corrected chi connectivity index (χ1v) is 5.13. The van der Waals surface area contributed by atoms with E-state index in [2.05, 4.69) is 5.32 Å². The first-order valence-electron chi connectivity index (χ1n) is 5.13. The first kappa shape index (κ1) is 13.3. The molecule has 0 heterocycles. The van der Waals surface area contributed by atoms with Gasteiger partial charge in [-0.25, -0.2) is 0 Å². The average Bonchev–Trinajstić information content (AvgIpc) is 2.27. The van der Waals surface area contributed by atoms with Crippen LogP contribution in [-0.2, 0) is 4.74 Å². The second kappa shape index (κ2) is 6.07. The Bertz CT molecular complexity index is 375. The number of carbonyl (C=O) groups excluding carboxylic acids is 1. The lowest BCUT2D eigenvalue weighted by Crippen LogP contribution is -2.40. The van der Waals surface area contributed by atoms with Crippen molar-refractivity contribution in [3.8, 4) is 0 Å². The van der Waals surface area contributed by atoms with Crippen LogP contribution in [-0.4, -0.2) is 37.4 Å². The number of rotatable bonds is 5. The molecule has 94 valence electrons. The van der Waals surface area contributed by atoms with Crippen molar-refractivity contribution in [1.29, 1.82) is 0 Å². The SMILES string of the molecule is COCC(CO)NC(=O)c1cc(N)cc(N)c1. The molecule has 0 bridgehead atoms. The van der Waals surface area contributed by atoms with Gasteiger partial charge in [0, 0.05) is 24.0 Å². The molecule has 1 rings (SSSR count). The van der Waals surface area contributed by atoms with Crippen LogP contribution < -0.4 is 16.8 Å². The van der Waals surface area contributed by atoms with Gasteiger partial charge in [0.15, 0.2) is 0 Å². The predicted octanol–water partition coefficient (Wildman–Crippen LogP) is -0.412. The molecular formula is C11H17N3O3. The van der Waals surface area contributed by atoms with Gasteiger partial charge in [0.2, 0.25) is 0 Å². The summed E-state index contributed by atoms with van der Waals surface area (Å²) in [5, 5.41) is 11.6. The third kappa shape index (κ3) is 3.93. The fourth-order valence-corrected chi connectivity index (χ4v) is 1.42. The lowest BCUT2D eigenvalue weighted by Gasteiger charge is -2.15. The Balaban J connectivity index is 2.75. The number of hydrogen-bond acceptors (Lipinski definition) is 5. The summed E-state index contributed by atoms with van der Waals surface area (Å²) in [5.41, 5.74) is 12.4. The Morgan fingerprint density at radius 1 is 1.41 bits per heavy atom. The number of ether oxygens (including phenoxy) is 1. The maximum Gasteiger partial charge on any atom is 0.251 e. The third-order valence-corrected chi connectivity index (χ3v) is 2.16. The summed E-state index contributed by atoms with van der Waals surface area (Å²) in [5.74, 6) is -0.347. The number of nitrogen functional groups attached to an aromatic ring is 2. The largest absolute Gasteiger partial charge is 0.399 e. The summed E-state index contributed by atoms with van der Waals surface area (Å²) in [6.07, 6.45) is 0. The van der Waals surface area contributed by atoms with E-state index >= 15 is 0 Å². The summed E-state index contributed by atoms with van der Waals surface area (Å²) >= 11 is 0. The first-order chi connectivity index (χ1) is 8.06. The predicted molar refractivity (Wildman–Crippen MR) is 65.5 cm³/mol. The van der Waals surface area contributed by atoms with Gasteiger partial charge in [0.1, 0.15) is 0 Å². The van der Waals surface area contributed by atoms with Crippen LogP contribution in [0.4, 0.5) is 11.4 Å². The number of amides is 1. The lowest BCUT2D eigenvalue weighted by atomic mass is 10.1. The fourth-order valence-electron chi connectivity index (χ4n) is 1.42. The number of carbonyl (C=O) groups is 1. The normalized spacial score (nSPS) is 12.1. The van der Waals surface area contributed by atoms with Gasteiger partial charge in [-0.15, -0.1) is 0 Å². The highest BCUT2D eigenvalue weighted by molar-refractivity contribution is 5.96. The molecule has 0 aliphatic heterocycles. The van der Waals surface area contributed by atoms with Crippen molar-refractivity contribution < 1.29 is 14.6 Å². The molecule has 0 aliphatic rings. The standard InChI is InChI=1S/C11H17N3O3/c1-17-6-10(5-15)14-11(16)7-2-8(12)4-9(13)3-7/h2-4,10,15H,5-6,12-13H2,1H3,(H,14,16). The summed E-state index contributed by atoms with van der Waals surface area (Å²) < 4.78 is 4.85. The van der Waals surface area contributed by atoms with Crippen LogP contribution in [0.3, 0.4) is 0 Å². The number of aliphatic hydroxyl groups excluding tert-OH is 1. The molecule has 0 aromatic heterocycles. The number of benzene rings is 1. The van der Waals surface area contributed by atoms with Crippen LogP contribution in [0.2, 0.25) is 0 Å². The smallest absolute Gasteiger partial charge is 0.251 e. The zero-order valence-corrected chi connectivity index (χ0v) is 9.64. The molecule has 6 N–H and O–H groups in total. The van der Waals surface area contributed by atoms with Crippen molar-refractivity contribution in [3.05, 3.63) is 23.8 Å². The van der Waals surface area contributed by atoms with Crippen LogP contribution in [0.5, 0.6) is 0 Å². The van der Waals surface area contributed by atoms with Crippen LogP contribution >= 0.6 is 0 Å². The molecular weight excluding hydrogens is 222 g/mol. The highest BCUT2D eigenvalue weighted by atomic mass is 16.5. The van der Waals surface area contributed by atoms with Crippen LogP contribution in [0.1, 0.15) is 10.4 Å². The van der Waals surface area contributed by atoms with Crippen molar-refractivity contribution in [2.45, 2.75) is 6.04 Å². The summed E-state index contributed by atoms with van der Waals surface area (Å²) in [7, 11) is 1.49. The van der Waals surface area contributed by atoms with Crippen LogP contribution in [0.15, 0.2) is 18.2 Å². The molecule has 0 saturated carbocycles. The van der Waals surface area contributed by atoms with E-state index in [1.54, 1.807) is 6.07 Å². The van der Waals surface area contributed by atoms with Crippen LogP contribution in [0, 0.1) is 0 Å². The zero-order valence-electron chi connectivity index (χ0n) is 9.64. The maximum absolute atomic E-state index is 11.8. The van der Waals surface area contributed by atoms with Crippen molar-refractivity contribution in [2.24, 2.45) is 0 Å². The Kier molecular flexibility index (Phi) is 4.74. The number of anilines is 2. The van der Waals surface area contributed by atoms with Gasteiger partial charge in [0.05, 0.1) is 19.3 Å². The Labute approximate surface area is 99.6 Å². The summed E-state index contributed by atoms with van der Waals surface area (Å²) in [6, 6.07) is 4.16. The van der Waals surface area contributed by atoms with E-state index in [0.717, 1.165) is 0 Å². The summed E-state index contributed by atoms with van der Waals surface area (Å²) in [4.78, 5) is 11.8. The highest BCUT2D eigenvalue weighted by Gasteiger charge is 2.13.